The molecule has 8 nitrogen and oxygen atoms in total. The first-order chi connectivity index (χ1) is 16.2. The number of ether oxygens (including phenoxy) is 2. The van der Waals surface area contributed by atoms with Crippen molar-refractivity contribution >= 4 is 17.5 Å². The zero-order valence-electron chi connectivity index (χ0n) is 19.1. The lowest BCUT2D eigenvalue weighted by Crippen LogP contribution is -2.41. The molecule has 4 rings (SSSR count). The molecule has 2 aromatic carbocycles. The Morgan fingerprint density at radius 3 is 2.76 bits per heavy atom. The molecule has 0 radical (unpaired) electrons. The molecule has 2 amide bonds. The van der Waals surface area contributed by atoms with Gasteiger partial charge in [-0.05, 0) is 30.7 Å². The number of rotatable bonds is 10. The number of hydrogen-bond acceptors (Lipinski definition) is 6. The Bertz CT molecular complexity index is 961. The first kappa shape index (κ1) is 23.2. The maximum Gasteiger partial charge on any atom is 0.256 e. The van der Waals surface area contributed by atoms with Crippen LogP contribution in [0.4, 0.5) is 5.69 Å². The van der Waals surface area contributed by atoms with E-state index in [-0.39, 0.29) is 18.0 Å². The van der Waals surface area contributed by atoms with Crippen LogP contribution < -0.4 is 10.6 Å². The molecule has 0 saturated carbocycles. The maximum absolute atomic E-state index is 13.0. The normalized spacial score (nSPS) is 18.3. The van der Waals surface area contributed by atoms with Crippen molar-refractivity contribution in [3.8, 4) is 0 Å². The molecule has 2 heterocycles. The molecule has 176 valence electrons. The zero-order valence-corrected chi connectivity index (χ0v) is 19.1. The molecule has 2 N–H and O–H groups in total. The Balaban J connectivity index is 1.41. The highest BCUT2D eigenvalue weighted by Gasteiger charge is 2.36. The number of nitrogens with zero attached hydrogens (tertiary/aromatic N) is 2. The monoisotopic (exact) mass is 452 g/mol. The molecule has 0 bridgehead atoms. The van der Waals surface area contributed by atoms with E-state index in [1.165, 1.54) is 0 Å². The summed E-state index contributed by atoms with van der Waals surface area (Å²) in [5.74, 6) is -0.0945. The van der Waals surface area contributed by atoms with Gasteiger partial charge in [-0.2, -0.15) is 0 Å². The number of anilines is 1. The number of fused-ring (bicyclic) bond motifs is 1. The lowest BCUT2D eigenvalue weighted by atomic mass is 10.1. The molecule has 2 aliphatic heterocycles. The quantitative estimate of drug-likeness (QED) is 0.539. The van der Waals surface area contributed by atoms with Crippen molar-refractivity contribution in [2.45, 2.75) is 12.6 Å². The van der Waals surface area contributed by atoms with Crippen LogP contribution in [0.3, 0.4) is 0 Å². The van der Waals surface area contributed by atoms with E-state index in [2.05, 4.69) is 15.5 Å². The van der Waals surface area contributed by atoms with Gasteiger partial charge < -0.3 is 25.0 Å². The van der Waals surface area contributed by atoms with Crippen LogP contribution in [0.2, 0.25) is 0 Å². The number of nitrogens with one attached hydrogen (secondary N) is 2. The fourth-order valence-electron chi connectivity index (χ4n) is 4.30. The van der Waals surface area contributed by atoms with Gasteiger partial charge in [0.1, 0.15) is 6.17 Å². The summed E-state index contributed by atoms with van der Waals surface area (Å²) in [5.41, 5.74) is 3.04. The van der Waals surface area contributed by atoms with E-state index in [9.17, 15) is 9.59 Å². The van der Waals surface area contributed by atoms with Gasteiger partial charge in [0.25, 0.3) is 11.8 Å². The van der Waals surface area contributed by atoms with E-state index in [4.69, 9.17) is 9.47 Å². The third-order valence-electron chi connectivity index (χ3n) is 6.05. The van der Waals surface area contributed by atoms with Gasteiger partial charge in [-0.25, -0.2) is 0 Å². The number of carbonyl (C=O) groups excluding carboxylic acids is 2. The smallest absolute Gasteiger partial charge is 0.256 e. The van der Waals surface area contributed by atoms with Gasteiger partial charge in [0.15, 0.2) is 0 Å². The van der Waals surface area contributed by atoms with E-state index < -0.39 is 0 Å². The Morgan fingerprint density at radius 2 is 1.94 bits per heavy atom. The van der Waals surface area contributed by atoms with Gasteiger partial charge in [0.05, 0.1) is 13.2 Å². The second-order valence-corrected chi connectivity index (χ2v) is 8.27. The number of methoxy groups -OCH3 is 1. The van der Waals surface area contributed by atoms with Crippen molar-refractivity contribution in [2.24, 2.45) is 0 Å². The molecule has 0 aliphatic carbocycles. The molecule has 33 heavy (non-hydrogen) atoms. The second-order valence-electron chi connectivity index (χ2n) is 8.27. The first-order valence-corrected chi connectivity index (χ1v) is 11.5. The lowest BCUT2D eigenvalue weighted by Gasteiger charge is -2.27. The highest BCUT2D eigenvalue weighted by molar-refractivity contribution is 5.99. The van der Waals surface area contributed by atoms with Crippen LogP contribution in [0.25, 0.3) is 0 Å². The predicted molar refractivity (Wildman–Crippen MR) is 126 cm³/mol. The summed E-state index contributed by atoms with van der Waals surface area (Å²) in [5, 5.41) is 6.48. The molecule has 2 aliphatic rings. The van der Waals surface area contributed by atoms with Crippen LogP contribution in [0, 0.1) is 0 Å². The van der Waals surface area contributed by atoms with E-state index in [0.717, 1.165) is 50.5 Å². The van der Waals surface area contributed by atoms with E-state index in [1.54, 1.807) is 13.2 Å². The van der Waals surface area contributed by atoms with Crippen LogP contribution in [0.15, 0.2) is 48.5 Å². The Kier molecular flexibility index (Phi) is 7.93. The number of benzene rings is 2. The molecule has 0 aromatic heterocycles. The molecule has 1 atom stereocenters. The zero-order chi connectivity index (χ0) is 23.0. The van der Waals surface area contributed by atoms with Crippen molar-refractivity contribution in [3.63, 3.8) is 0 Å². The number of hydrogen-bond donors (Lipinski definition) is 2. The predicted octanol–water partition coefficient (Wildman–Crippen LogP) is 2.35. The summed E-state index contributed by atoms with van der Waals surface area (Å²) >= 11 is 0. The van der Waals surface area contributed by atoms with E-state index in [1.807, 2.05) is 47.4 Å². The SMILES string of the molecule is COCCCN1C(=O)c2ccccc2C1Nc1cccc(C(=O)NCCN2CCOCC2)c1. The fourth-order valence-corrected chi connectivity index (χ4v) is 4.30. The second kappa shape index (κ2) is 11.3. The molecule has 0 spiro atoms. The summed E-state index contributed by atoms with van der Waals surface area (Å²) < 4.78 is 10.5. The van der Waals surface area contributed by atoms with Crippen molar-refractivity contribution in [3.05, 3.63) is 65.2 Å². The Morgan fingerprint density at radius 1 is 1.12 bits per heavy atom. The molecule has 1 saturated heterocycles. The van der Waals surface area contributed by atoms with Crippen molar-refractivity contribution in [2.75, 3.05) is 65.0 Å². The summed E-state index contributed by atoms with van der Waals surface area (Å²) in [4.78, 5) is 29.8. The largest absolute Gasteiger partial charge is 0.385 e. The molecule has 2 aromatic rings. The van der Waals surface area contributed by atoms with E-state index >= 15 is 0 Å². The average Bonchev–Trinajstić information content (AvgIpc) is 3.11. The van der Waals surface area contributed by atoms with Gasteiger partial charge in [-0.15, -0.1) is 0 Å². The van der Waals surface area contributed by atoms with E-state index in [0.29, 0.717) is 30.8 Å². The summed E-state index contributed by atoms with van der Waals surface area (Å²) in [6, 6.07) is 15.1. The standard InChI is InChI=1S/C25H32N4O4/c1-32-15-5-11-29-23(21-8-2-3-9-22(21)25(29)31)27-20-7-4-6-19(18-20)24(30)26-10-12-28-13-16-33-17-14-28/h2-4,6-9,18,23,27H,5,10-17H2,1H3,(H,26,30). The van der Waals surface area contributed by atoms with Gasteiger partial charge in [0, 0.05) is 68.8 Å². The van der Waals surface area contributed by atoms with Gasteiger partial charge >= 0.3 is 0 Å². The number of amides is 2. The van der Waals surface area contributed by atoms with Gasteiger partial charge in [0.2, 0.25) is 0 Å². The molecular weight excluding hydrogens is 420 g/mol. The minimum atomic E-state index is -0.287. The van der Waals surface area contributed by atoms with Crippen LogP contribution >= 0.6 is 0 Å². The summed E-state index contributed by atoms with van der Waals surface area (Å²) in [6.07, 6.45) is 0.463. The van der Waals surface area contributed by atoms with Crippen LogP contribution in [0.1, 0.15) is 38.9 Å². The molecule has 8 heteroatoms. The first-order valence-electron chi connectivity index (χ1n) is 11.5. The Hall–Kier alpha value is -2.94. The minimum Gasteiger partial charge on any atom is -0.385 e. The highest BCUT2D eigenvalue weighted by atomic mass is 16.5. The van der Waals surface area contributed by atoms with Gasteiger partial charge in [-0.3, -0.25) is 14.5 Å². The lowest BCUT2D eigenvalue weighted by molar-refractivity contribution is 0.0383. The summed E-state index contributed by atoms with van der Waals surface area (Å²) in [6.45, 7) is 5.87. The summed E-state index contributed by atoms with van der Waals surface area (Å²) in [7, 11) is 1.66. The maximum atomic E-state index is 13.0. The molecule has 1 fully saturated rings. The minimum absolute atomic E-state index is 0.0104. The third kappa shape index (κ3) is 5.71. The third-order valence-corrected chi connectivity index (χ3v) is 6.05. The Labute approximate surface area is 194 Å². The van der Waals surface area contributed by atoms with Crippen LogP contribution in [-0.2, 0) is 9.47 Å². The van der Waals surface area contributed by atoms with Crippen molar-refractivity contribution in [1.29, 1.82) is 0 Å². The molecule has 1 unspecified atom stereocenters. The van der Waals surface area contributed by atoms with Crippen LogP contribution in [-0.4, -0.2) is 81.3 Å². The molecular formula is C25H32N4O4. The van der Waals surface area contributed by atoms with Gasteiger partial charge in [-0.1, -0.05) is 24.3 Å². The number of morpholine rings is 1. The fraction of sp³-hybridized carbons (Fsp3) is 0.440. The topological polar surface area (TPSA) is 83.1 Å². The van der Waals surface area contributed by atoms with Crippen molar-refractivity contribution < 1.29 is 19.1 Å². The number of carbonyl (C=O) groups is 2. The highest BCUT2D eigenvalue weighted by Crippen LogP contribution is 2.34. The van der Waals surface area contributed by atoms with Crippen LogP contribution in [0.5, 0.6) is 0 Å². The van der Waals surface area contributed by atoms with Crippen molar-refractivity contribution in [1.82, 2.24) is 15.1 Å². The average molecular weight is 453 g/mol.